The Hall–Kier alpha value is -2.72. The number of aliphatic hydroxyl groups excluding tert-OH is 1. The lowest BCUT2D eigenvalue weighted by molar-refractivity contribution is 0.128. The second-order valence-corrected chi connectivity index (χ2v) is 5.95. The van der Waals surface area contributed by atoms with Crippen molar-refractivity contribution in [1.29, 1.82) is 0 Å². The Kier molecular flexibility index (Phi) is 3.75. The van der Waals surface area contributed by atoms with Crippen molar-refractivity contribution in [3.05, 3.63) is 24.4 Å². The molecule has 126 valence electrons. The van der Waals surface area contributed by atoms with Crippen LogP contribution < -0.4 is 10.6 Å². The highest BCUT2D eigenvalue weighted by Crippen LogP contribution is 2.24. The molecular weight excluding hydrogens is 310 g/mol. The van der Waals surface area contributed by atoms with Crippen molar-refractivity contribution < 1.29 is 5.11 Å². The number of aliphatic hydroxyl groups is 1. The van der Waals surface area contributed by atoms with E-state index in [1.165, 1.54) is 0 Å². The first-order chi connectivity index (χ1) is 11.7. The fraction of sp³-hybridized carbons (Fsp3) is 0.429. The number of rotatable bonds is 3. The summed E-state index contributed by atoms with van der Waals surface area (Å²) in [5, 5.41) is 18.0. The molecule has 1 aliphatic rings. The van der Waals surface area contributed by atoms with Crippen LogP contribution in [0.2, 0.25) is 0 Å². The Bertz CT molecular complexity index is 815. The quantitative estimate of drug-likeness (QED) is 0.497. The molecule has 0 spiro atoms. The predicted molar refractivity (Wildman–Crippen MR) is 88.2 cm³/mol. The van der Waals surface area contributed by atoms with Gasteiger partial charge in [0.25, 0.3) is 0 Å². The summed E-state index contributed by atoms with van der Waals surface area (Å²) < 4.78 is 0. The third-order valence-electron chi connectivity index (χ3n) is 4.14. The highest BCUT2D eigenvalue weighted by Gasteiger charge is 2.24. The normalized spacial score (nSPS) is 19.7. The summed E-state index contributed by atoms with van der Waals surface area (Å²) in [6.07, 6.45) is 4.65. The standard InChI is InChI=1S/C14H19N9O/c15-14-19-12-11(4-18-21-12)13(20-14)23-2-1-22(6-10(24)7-23)5-9-3-16-8-17-9/h3-4,8,10,24H,1-2,5-7H2,(H,16,17)(H3,15,18,19,20,21)/t10-/m1/s1. The number of nitrogens with zero attached hydrogens (tertiary/aromatic N) is 6. The maximum absolute atomic E-state index is 10.4. The molecule has 10 heteroatoms. The van der Waals surface area contributed by atoms with E-state index in [1.54, 1.807) is 18.7 Å². The molecule has 0 saturated carbocycles. The maximum Gasteiger partial charge on any atom is 0.224 e. The number of β-amino-alcohol motifs (C(OH)–C–C–N with tert-alkyl or cyclic N) is 1. The van der Waals surface area contributed by atoms with Crippen LogP contribution in [-0.4, -0.2) is 72.4 Å². The van der Waals surface area contributed by atoms with Crippen molar-refractivity contribution in [2.24, 2.45) is 0 Å². The van der Waals surface area contributed by atoms with Gasteiger partial charge >= 0.3 is 0 Å². The Balaban J connectivity index is 1.57. The van der Waals surface area contributed by atoms with Crippen LogP contribution >= 0.6 is 0 Å². The predicted octanol–water partition coefficient (Wildman–Crippen LogP) is -0.659. The van der Waals surface area contributed by atoms with Crippen LogP contribution in [0.15, 0.2) is 18.7 Å². The van der Waals surface area contributed by atoms with Crippen molar-refractivity contribution in [2.75, 3.05) is 36.8 Å². The van der Waals surface area contributed by atoms with Gasteiger partial charge in [-0.05, 0) is 0 Å². The SMILES string of the molecule is Nc1nc(N2CCN(Cc3cnc[nH]3)C[C@@H](O)C2)c2cn[nH]c2n1. The van der Waals surface area contributed by atoms with Gasteiger partial charge in [0, 0.05) is 44.6 Å². The van der Waals surface area contributed by atoms with E-state index in [2.05, 4.69) is 35.0 Å². The van der Waals surface area contributed by atoms with E-state index in [9.17, 15) is 5.11 Å². The maximum atomic E-state index is 10.4. The van der Waals surface area contributed by atoms with Gasteiger partial charge in [0.2, 0.25) is 5.95 Å². The number of nitrogens with two attached hydrogens (primary N) is 1. The summed E-state index contributed by atoms with van der Waals surface area (Å²) in [6.45, 7) is 3.31. The summed E-state index contributed by atoms with van der Waals surface area (Å²) in [5.74, 6) is 0.892. The van der Waals surface area contributed by atoms with Crippen molar-refractivity contribution in [1.82, 2.24) is 35.0 Å². The van der Waals surface area contributed by atoms with Gasteiger partial charge in [-0.2, -0.15) is 15.1 Å². The van der Waals surface area contributed by atoms with Crippen LogP contribution in [0.25, 0.3) is 11.0 Å². The van der Waals surface area contributed by atoms with E-state index < -0.39 is 6.10 Å². The van der Waals surface area contributed by atoms with E-state index in [4.69, 9.17) is 5.73 Å². The second-order valence-electron chi connectivity index (χ2n) is 5.95. The molecule has 0 bridgehead atoms. The van der Waals surface area contributed by atoms with E-state index in [0.29, 0.717) is 24.6 Å². The molecule has 0 radical (unpaired) electrons. The van der Waals surface area contributed by atoms with E-state index in [1.807, 2.05) is 4.90 Å². The van der Waals surface area contributed by atoms with Crippen molar-refractivity contribution >= 4 is 22.8 Å². The van der Waals surface area contributed by atoms with Gasteiger partial charge in [0.05, 0.1) is 24.0 Å². The largest absolute Gasteiger partial charge is 0.390 e. The monoisotopic (exact) mass is 329 g/mol. The second kappa shape index (κ2) is 6.06. The molecular formula is C14H19N9O. The molecule has 4 rings (SSSR count). The molecule has 0 unspecified atom stereocenters. The highest BCUT2D eigenvalue weighted by molar-refractivity contribution is 5.87. The van der Waals surface area contributed by atoms with Gasteiger partial charge < -0.3 is 20.7 Å². The van der Waals surface area contributed by atoms with Gasteiger partial charge in [-0.3, -0.25) is 10.00 Å². The van der Waals surface area contributed by atoms with Gasteiger partial charge in [-0.15, -0.1) is 0 Å². The molecule has 1 fully saturated rings. The third-order valence-corrected chi connectivity index (χ3v) is 4.14. The first kappa shape index (κ1) is 14.8. The van der Waals surface area contributed by atoms with Gasteiger partial charge in [0.1, 0.15) is 5.82 Å². The number of aromatic amines is 2. The number of aromatic nitrogens is 6. The first-order valence-corrected chi connectivity index (χ1v) is 7.78. The zero-order valence-electron chi connectivity index (χ0n) is 13.1. The number of hydrogen-bond donors (Lipinski definition) is 4. The Labute approximate surface area is 137 Å². The zero-order valence-corrected chi connectivity index (χ0v) is 13.1. The van der Waals surface area contributed by atoms with E-state index >= 15 is 0 Å². The highest BCUT2D eigenvalue weighted by atomic mass is 16.3. The number of H-pyrrole nitrogens is 2. The minimum absolute atomic E-state index is 0.190. The minimum atomic E-state index is -0.492. The van der Waals surface area contributed by atoms with Crippen molar-refractivity contribution in [2.45, 2.75) is 12.6 Å². The number of nitrogen functional groups attached to an aromatic ring is 1. The number of anilines is 2. The summed E-state index contributed by atoms with van der Waals surface area (Å²) in [4.78, 5) is 19.8. The Morgan fingerprint density at radius 3 is 3.00 bits per heavy atom. The molecule has 1 aliphatic heterocycles. The van der Waals surface area contributed by atoms with E-state index in [-0.39, 0.29) is 5.95 Å². The number of nitrogens with one attached hydrogen (secondary N) is 2. The molecule has 4 heterocycles. The molecule has 1 saturated heterocycles. The molecule has 0 amide bonds. The van der Waals surface area contributed by atoms with E-state index in [0.717, 1.165) is 30.7 Å². The van der Waals surface area contributed by atoms with Gasteiger partial charge in [-0.1, -0.05) is 0 Å². The van der Waals surface area contributed by atoms with Crippen LogP contribution in [0, 0.1) is 0 Å². The van der Waals surface area contributed by atoms with Gasteiger partial charge in [0.15, 0.2) is 5.65 Å². The average Bonchev–Trinajstić information content (AvgIpc) is 3.17. The number of imidazole rings is 1. The van der Waals surface area contributed by atoms with Crippen LogP contribution in [-0.2, 0) is 6.54 Å². The smallest absolute Gasteiger partial charge is 0.224 e. The minimum Gasteiger partial charge on any atom is -0.390 e. The Morgan fingerprint density at radius 1 is 1.25 bits per heavy atom. The average molecular weight is 329 g/mol. The first-order valence-electron chi connectivity index (χ1n) is 7.78. The summed E-state index contributed by atoms with van der Waals surface area (Å²) >= 11 is 0. The molecule has 0 aliphatic carbocycles. The van der Waals surface area contributed by atoms with Gasteiger partial charge in [-0.25, -0.2) is 4.98 Å². The molecule has 0 aromatic carbocycles. The summed E-state index contributed by atoms with van der Waals surface area (Å²) in [7, 11) is 0. The Morgan fingerprint density at radius 2 is 2.17 bits per heavy atom. The lowest BCUT2D eigenvalue weighted by atomic mass is 10.3. The lowest BCUT2D eigenvalue weighted by Gasteiger charge is -2.23. The van der Waals surface area contributed by atoms with Crippen molar-refractivity contribution in [3.63, 3.8) is 0 Å². The fourth-order valence-corrected chi connectivity index (χ4v) is 3.08. The van der Waals surface area contributed by atoms with Crippen LogP contribution in [0.1, 0.15) is 5.69 Å². The molecule has 3 aromatic rings. The van der Waals surface area contributed by atoms with Crippen LogP contribution in [0.3, 0.4) is 0 Å². The van der Waals surface area contributed by atoms with Crippen molar-refractivity contribution in [3.8, 4) is 0 Å². The molecule has 10 nitrogen and oxygen atoms in total. The lowest BCUT2D eigenvalue weighted by Crippen LogP contribution is -2.34. The molecule has 24 heavy (non-hydrogen) atoms. The fourth-order valence-electron chi connectivity index (χ4n) is 3.08. The topological polar surface area (TPSA) is 136 Å². The molecule has 5 N–H and O–H groups in total. The summed E-state index contributed by atoms with van der Waals surface area (Å²) in [6, 6.07) is 0. The molecule has 3 aromatic heterocycles. The summed E-state index contributed by atoms with van der Waals surface area (Å²) in [5.41, 5.74) is 7.43. The third kappa shape index (κ3) is 2.88. The van der Waals surface area contributed by atoms with Crippen LogP contribution in [0.4, 0.5) is 11.8 Å². The number of hydrogen-bond acceptors (Lipinski definition) is 8. The molecule has 1 atom stereocenters. The number of fused-ring (bicyclic) bond motifs is 1. The zero-order chi connectivity index (χ0) is 16.5. The van der Waals surface area contributed by atoms with Crippen LogP contribution in [0.5, 0.6) is 0 Å².